The van der Waals surface area contributed by atoms with Crippen LogP contribution in [0.25, 0.3) is 0 Å². The first kappa shape index (κ1) is 14.2. The molecule has 19 heavy (non-hydrogen) atoms. The first-order valence-corrected chi connectivity index (χ1v) is 7.52. The Balaban J connectivity index is 2.03. The van der Waals surface area contributed by atoms with E-state index in [1.54, 1.807) is 0 Å². The van der Waals surface area contributed by atoms with Crippen molar-refractivity contribution in [3.05, 3.63) is 24.3 Å². The van der Waals surface area contributed by atoms with Gasteiger partial charge in [0.15, 0.2) is 0 Å². The number of rotatable bonds is 6. The van der Waals surface area contributed by atoms with Crippen molar-refractivity contribution in [3.8, 4) is 5.75 Å². The summed E-state index contributed by atoms with van der Waals surface area (Å²) in [6, 6.07) is 8.43. The third-order valence-electron chi connectivity index (χ3n) is 3.95. The molecule has 0 spiro atoms. The molecule has 0 radical (unpaired) electrons. The molecular weight excluding hydrogens is 236 g/mol. The molecule has 2 rings (SSSR count). The van der Waals surface area contributed by atoms with Crippen LogP contribution in [-0.4, -0.2) is 32.8 Å². The fourth-order valence-electron chi connectivity index (χ4n) is 2.48. The minimum absolute atomic E-state index is 0.663. The highest BCUT2D eigenvalue weighted by atomic mass is 16.5. The van der Waals surface area contributed by atoms with Crippen molar-refractivity contribution >= 4 is 5.69 Å². The molecule has 1 saturated heterocycles. The Morgan fingerprint density at radius 3 is 2.53 bits per heavy atom. The van der Waals surface area contributed by atoms with Crippen LogP contribution < -0.4 is 15.0 Å². The van der Waals surface area contributed by atoms with Gasteiger partial charge in [0, 0.05) is 26.2 Å². The molecule has 1 aromatic rings. The molecule has 106 valence electrons. The van der Waals surface area contributed by atoms with Crippen LogP contribution in [0.4, 0.5) is 5.69 Å². The van der Waals surface area contributed by atoms with Gasteiger partial charge in [0.25, 0.3) is 0 Å². The molecule has 0 aliphatic carbocycles. The Hall–Kier alpha value is -1.22. The zero-order valence-electron chi connectivity index (χ0n) is 12.2. The van der Waals surface area contributed by atoms with E-state index in [0.717, 1.165) is 38.5 Å². The van der Waals surface area contributed by atoms with Gasteiger partial charge in [-0.1, -0.05) is 38.8 Å². The highest BCUT2D eigenvalue weighted by Gasteiger charge is 2.15. The van der Waals surface area contributed by atoms with E-state index < -0.39 is 0 Å². The van der Waals surface area contributed by atoms with Crippen LogP contribution >= 0.6 is 0 Å². The molecule has 1 aliphatic rings. The van der Waals surface area contributed by atoms with Crippen LogP contribution in [0.15, 0.2) is 24.3 Å². The molecule has 1 N–H and O–H groups in total. The van der Waals surface area contributed by atoms with Crippen molar-refractivity contribution in [1.82, 2.24) is 5.32 Å². The maximum Gasteiger partial charge on any atom is 0.142 e. The second-order valence-electron chi connectivity index (χ2n) is 5.20. The molecule has 0 atom stereocenters. The standard InChI is InChI=1S/C16H26N2O/c1-3-14(4-2)13-19-16-8-6-5-7-15(16)18-11-9-17-10-12-18/h5-8,14,17H,3-4,9-13H2,1-2H3. The van der Waals surface area contributed by atoms with Crippen LogP contribution in [0.2, 0.25) is 0 Å². The average molecular weight is 262 g/mol. The van der Waals surface area contributed by atoms with Crippen LogP contribution in [0.5, 0.6) is 5.75 Å². The topological polar surface area (TPSA) is 24.5 Å². The number of hydrogen-bond acceptors (Lipinski definition) is 3. The van der Waals surface area contributed by atoms with Gasteiger partial charge in [-0.15, -0.1) is 0 Å². The second-order valence-corrected chi connectivity index (χ2v) is 5.20. The molecule has 0 saturated carbocycles. The van der Waals surface area contributed by atoms with Crippen LogP contribution in [0.3, 0.4) is 0 Å². The summed E-state index contributed by atoms with van der Waals surface area (Å²) in [7, 11) is 0. The second kappa shape index (κ2) is 7.39. The molecule has 1 aromatic carbocycles. The van der Waals surface area contributed by atoms with E-state index >= 15 is 0 Å². The largest absolute Gasteiger partial charge is 0.491 e. The monoisotopic (exact) mass is 262 g/mol. The predicted molar refractivity (Wildman–Crippen MR) is 81.1 cm³/mol. The molecule has 3 heteroatoms. The number of hydrogen-bond donors (Lipinski definition) is 1. The fraction of sp³-hybridized carbons (Fsp3) is 0.625. The van der Waals surface area contributed by atoms with Crippen LogP contribution in [0, 0.1) is 5.92 Å². The van der Waals surface area contributed by atoms with Gasteiger partial charge in [0.1, 0.15) is 5.75 Å². The van der Waals surface area contributed by atoms with Crippen molar-refractivity contribution in [1.29, 1.82) is 0 Å². The summed E-state index contributed by atoms with van der Waals surface area (Å²) in [5.74, 6) is 1.70. The van der Waals surface area contributed by atoms with E-state index in [9.17, 15) is 0 Å². The average Bonchev–Trinajstić information content (AvgIpc) is 2.49. The summed E-state index contributed by atoms with van der Waals surface area (Å²) in [4.78, 5) is 2.42. The number of nitrogens with zero attached hydrogens (tertiary/aromatic N) is 1. The molecule has 1 aliphatic heterocycles. The lowest BCUT2D eigenvalue weighted by atomic mass is 10.1. The molecule has 0 unspecified atom stereocenters. The molecule has 1 heterocycles. The van der Waals surface area contributed by atoms with Gasteiger partial charge in [0.05, 0.1) is 12.3 Å². The third-order valence-corrected chi connectivity index (χ3v) is 3.95. The quantitative estimate of drug-likeness (QED) is 0.853. The SMILES string of the molecule is CCC(CC)COc1ccccc1N1CCNCC1. The first-order valence-electron chi connectivity index (χ1n) is 7.52. The van der Waals surface area contributed by atoms with Gasteiger partial charge in [0.2, 0.25) is 0 Å². The Bertz CT molecular complexity index is 371. The van der Waals surface area contributed by atoms with Crippen molar-refractivity contribution in [3.63, 3.8) is 0 Å². The highest BCUT2D eigenvalue weighted by Crippen LogP contribution is 2.29. The minimum atomic E-state index is 0.663. The van der Waals surface area contributed by atoms with Crippen LogP contribution in [0.1, 0.15) is 26.7 Å². The molecule has 0 aromatic heterocycles. The lowest BCUT2D eigenvalue weighted by Gasteiger charge is -2.31. The summed E-state index contributed by atoms with van der Waals surface area (Å²) in [5, 5.41) is 3.39. The Kier molecular flexibility index (Phi) is 5.52. The summed E-state index contributed by atoms with van der Waals surface area (Å²) >= 11 is 0. The van der Waals surface area contributed by atoms with Gasteiger partial charge in [-0.2, -0.15) is 0 Å². The number of para-hydroxylation sites is 2. The number of piperazine rings is 1. The van der Waals surface area contributed by atoms with Gasteiger partial charge >= 0.3 is 0 Å². The molecule has 0 bridgehead atoms. The van der Waals surface area contributed by atoms with E-state index in [1.807, 2.05) is 0 Å². The number of ether oxygens (including phenoxy) is 1. The van der Waals surface area contributed by atoms with E-state index in [1.165, 1.54) is 18.5 Å². The Morgan fingerprint density at radius 1 is 1.16 bits per heavy atom. The maximum atomic E-state index is 6.07. The van der Waals surface area contributed by atoms with Crippen molar-refractivity contribution in [2.45, 2.75) is 26.7 Å². The molecule has 0 amide bonds. The Morgan fingerprint density at radius 2 is 1.84 bits per heavy atom. The number of anilines is 1. The van der Waals surface area contributed by atoms with Gasteiger partial charge in [-0.3, -0.25) is 0 Å². The lowest BCUT2D eigenvalue weighted by molar-refractivity contribution is 0.241. The van der Waals surface area contributed by atoms with E-state index in [-0.39, 0.29) is 0 Å². The molecular formula is C16H26N2O. The number of benzene rings is 1. The Labute approximate surface area is 116 Å². The van der Waals surface area contributed by atoms with E-state index in [4.69, 9.17) is 4.74 Å². The number of nitrogens with one attached hydrogen (secondary N) is 1. The normalized spacial score (nSPS) is 15.8. The highest BCUT2D eigenvalue weighted by molar-refractivity contribution is 5.58. The summed E-state index contributed by atoms with van der Waals surface area (Å²) < 4.78 is 6.07. The van der Waals surface area contributed by atoms with Gasteiger partial charge in [-0.25, -0.2) is 0 Å². The summed E-state index contributed by atoms with van der Waals surface area (Å²) in [6.45, 7) is 9.54. The molecule has 3 nitrogen and oxygen atoms in total. The van der Waals surface area contributed by atoms with Crippen molar-refractivity contribution < 1.29 is 4.74 Å². The molecule has 1 fully saturated rings. The van der Waals surface area contributed by atoms with E-state index in [0.29, 0.717) is 5.92 Å². The summed E-state index contributed by atoms with van der Waals surface area (Å²) in [5.41, 5.74) is 1.25. The predicted octanol–water partition coefficient (Wildman–Crippen LogP) is 2.91. The zero-order chi connectivity index (χ0) is 13.5. The van der Waals surface area contributed by atoms with Crippen molar-refractivity contribution in [2.75, 3.05) is 37.7 Å². The minimum Gasteiger partial charge on any atom is -0.491 e. The van der Waals surface area contributed by atoms with Crippen molar-refractivity contribution in [2.24, 2.45) is 5.92 Å². The fourth-order valence-corrected chi connectivity index (χ4v) is 2.48. The lowest BCUT2D eigenvalue weighted by Crippen LogP contribution is -2.43. The summed E-state index contributed by atoms with van der Waals surface area (Å²) in [6.07, 6.45) is 2.37. The maximum absolute atomic E-state index is 6.07. The smallest absolute Gasteiger partial charge is 0.142 e. The van der Waals surface area contributed by atoms with Gasteiger partial charge in [-0.05, 0) is 18.1 Å². The third kappa shape index (κ3) is 3.87. The van der Waals surface area contributed by atoms with Gasteiger partial charge < -0.3 is 15.0 Å². The van der Waals surface area contributed by atoms with Crippen LogP contribution in [-0.2, 0) is 0 Å². The zero-order valence-corrected chi connectivity index (χ0v) is 12.2. The first-order chi connectivity index (χ1) is 9.35. The van der Waals surface area contributed by atoms with E-state index in [2.05, 4.69) is 48.3 Å².